The lowest BCUT2D eigenvalue weighted by Gasteiger charge is -2.24. The van der Waals surface area contributed by atoms with E-state index in [9.17, 15) is 0 Å². The first-order valence-corrected chi connectivity index (χ1v) is 10.9. The van der Waals surface area contributed by atoms with E-state index >= 15 is 0 Å². The van der Waals surface area contributed by atoms with Crippen molar-refractivity contribution in [1.82, 2.24) is 0 Å². The summed E-state index contributed by atoms with van der Waals surface area (Å²) in [6.45, 7) is 17.8. The molecule has 2 nitrogen and oxygen atoms in total. The van der Waals surface area contributed by atoms with Crippen LogP contribution in [-0.2, 0) is 0 Å². The van der Waals surface area contributed by atoms with Crippen LogP contribution in [0.1, 0.15) is 101 Å². The van der Waals surface area contributed by atoms with E-state index in [1.165, 1.54) is 22.3 Å². The Labute approximate surface area is 177 Å². The van der Waals surface area contributed by atoms with Crippen LogP contribution in [0.15, 0.2) is 36.4 Å². The van der Waals surface area contributed by atoms with Gasteiger partial charge in [0.05, 0.1) is 0 Å². The molecule has 2 rings (SSSR count). The molecule has 0 fully saturated rings. The molecule has 0 saturated carbocycles. The summed E-state index contributed by atoms with van der Waals surface area (Å²) in [6, 6.07) is 13.1. The second-order valence-corrected chi connectivity index (χ2v) is 9.23. The van der Waals surface area contributed by atoms with Crippen LogP contribution in [0.5, 0.6) is 0 Å². The van der Waals surface area contributed by atoms with Crippen molar-refractivity contribution in [3.63, 3.8) is 0 Å². The van der Waals surface area contributed by atoms with Gasteiger partial charge in [-0.15, -0.1) is 0 Å². The molecule has 0 radical (unpaired) electrons. The molecule has 0 aromatic heterocycles. The van der Waals surface area contributed by atoms with E-state index in [1.54, 1.807) is 0 Å². The molecule has 2 aromatic rings. The van der Waals surface area contributed by atoms with Gasteiger partial charge in [0.25, 0.3) is 0 Å². The summed E-state index contributed by atoms with van der Waals surface area (Å²) >= 11 is 5.78. The number of nitrogens with one attached hydrogen (secondary N) is 2. The van der Waals surface area contributed by atoms with E-state index in [1.807, 2.05) is 0 Å². The Morgan fingerprint density at radius 1 is 0.571 bits per heavy atom. The molecule has 0 aliphatic rings. The fourth-order valence-corrected chi connectivity index (χ4v) is 3.85. The molecule has 152 valence electrons. The van der Waals surface area contributed by atoms with Crippen molar-refractivity contribution in [1.29, 1.82) is 0 Å². The van der Waals surface area contributed by atoms with Crippen LogP contribution in [0.3, 0.4) is 0 Å². The second-order valence-electron chi connectivity index (χ2n) is 8.82. The van der Waals surface area contributed by atoms with Crippen LogP contribution in [0.25, 0.3) is 0 Å². The van der Waals surface area contributed by atoms with E-state index in [0.717, 1.165) is 11.4 Å². The highest BCUT2D eigenvalue weighted by atomic mass is 32.1. The summed E-state index contributed by atoms with van der Waals surface area (Å²) in [5.41, 5.74) is 7.51. The molecule has 3 heteroatoms. The minimum atomic E-state index is 0.429. The molecule has 0 aliphatic heterocycles. The van der Waals surface area contributed by atoms with Gasteiger partial charge in [-0.05, 0) is 58.1 Å². The smallest absolute Gasteiger partial charge is 0.175 e. The topological polar surface area (TPSA) is 24.1 Å². The van der Waals surface area contributed by atoms with Crippen molar-refractivity contribution in [2.75, 3.05) is 10.6 Å². The zero-order valence-corrected chi connectivity index (χ0v) is 19.5. The van der Waals surface area contributed by atoms with Gasteiger partial charge in [0.1, 0.15) is 0 Å². The Balaban J connectivity index is 2.41. The Bertz CT molecular complexity index is 699. The van der Waals surface area contributed by atoms with Gasteiger partial charge >= 0.3 is 0 Å². The van der Waals surface area contributed by atoms with Gasteiger partial charge in [-0.2, -0.15) is 0 Å². The van der Waals surface area contributed by atoms with Crippen LogP contribution in [0.4, 0.5) is 11.4 Å². The van der Waals surface area contributed by atoms with Gasteiger partial charge in [0, 0.05) is 11.4 Å². The summed E-state index contributed by atoms with van der Waals surface area (Å²) in [7, 11) is 0. The Morgan fingerprint density at radius 2 is 0.821 bits per heavy atom. The number of anilines is 2. The third kappa shape index (κ3) is 5.14. The van der Waals surface area contributed by atoms with E-state index < -0.39 is 0 Å². The molecule has 0 bridgehead atoms. The van der Waals surface area contributed by atoms with Crippen molar-refractivity contribution >= 4 is 28.7 Å². The van der Waals surface area contributed by atoms with E-state index in [4.69, 9.17) is 12.2 Å². The normalized spacial score (nSPS) is 11.6. The molecular formula is C25H36N2S. The Hall–Kier alpha value is -1.87. The van der Waals surface area contributed by atoms with E-state index in [2.05, 4.69) is 102 Å². The first-order chi connectivity index (χ1) is 13.1. The average Bonchev–Trinajstić information content (AvgIpc) is 2.61. The van der Waals surface area contributed by atoms with Gasteiger partial charge in [-0.3, -0.25) is 0 Å². The summed E-state index contributed by atoms with van der Waals surface area (Å²) in [6.07, 6.45) is 0. The van der Waals surface area contributed by atoms with Crippen molar-refractivity contribution in [3.8, 4) is 0 Å². The summed E-state index contributed by atoms with van der Waals surface area (Å²) < 4.78 is 0. The highest BCUT2D eigenvalue weighted by Crippen LogP contribution is 2.34. The van der Waals surface area contributed by atoms with Gasteiger partial charge < -0.3 is 10.6 Å². The molecule has 0 unspecified atom stereocenters. The number of hydrogen-bond acceptors (Lipinski definition) is 1. The van der Waals surface area contributed by atoms with Gasteiger partial charge in [-0.25, -0.2) is 0 Å². The van der Waals surface area contributed by atoms with Crippen LogP contribution in [0, 0.1) is 0 Å². The van der Waals surface area contributed by atoms with Crippen molar-refractivity contribution in [2.24, 2.45) is 0 Å². The quantitative estimate of drug-likeness (QED) is 0.484. The van der Waals surface area contributed by atoms with Crippen LogP contribution < -0.4 is 10.6 Å². The lowest BCUT2D eigenvalue weighted by molar-refractivity contribution is 0.837. The third-order valence-corrected chi connectivity index (χ3v) is 5.43. The van der Waals surface area contributed by atoms with Crippen LogP contribution in [0.2, 0.25) is 0 Å². The minimum absolute atomic E-state index is 0.429. The van der Waals surface area contributed by atoms with Crippen LogP contribution >= 0.6 is 12.2 Å². The van der Waals surface area contributed by atoms with E-state index in [-0.39, 0.29) is 0 Å². The van der Waals surface area contributed by atoms with Crippen molar-refractivity contribution < 1.29 is 0 Å². The second kappa shape index (κ2) is 9.56. The van der Waals surface area contributed by atoms with Gasteiger partial charge in [0.15, 0.2) is 5.11 Å². The number of para-hydroxylation sites is 2. The molecule has 0 heterocycles. The minimum Gasteiger partial charge on any atom is -0.332 e. The summed E-state index contributed by atoms with van der Waals surface area (Å²) in [5.74, 6) is 1.72. The largest absolute Gasteiger partial charge is 0.332 e. The molecule has 0 saturated heterocycles. The summed E-state index contributed by atoms with van der Waals surface area (Å²) in [4.78, 5) is 0. The Morgan fingerprint density at radius 3 is 1.04 bits per heavy atom. The lowest BCUT2D eigenvalue weighted by Crippen LogP contribution is -2.23. The molecule has 28 heavy (non-hydrogen) atoms. The fourth-order valence-electron chi connectivity index (χ4n) is 3.65. The highest BCUT2D eigenvalue weighted by Gasteiger charge is 2.18. The standard InChI is InChI=1S/C25H36N2S/c1-15(2)19-11-9-12-20(16(3)4)23(19)26-25(28)27-24-21(17(5)6)13-10-14-22(24)18(7)8/h9-18H,1-8H3,(H2,26,27,28). The molecular weight excluding hydrogens is 360 g/mol. The first kappa shape index (κ1) is 22.4. The molecule has 0 aliphatic carbocycles. The average molecular weight is 397 g/mol. The number of rotatable bonds is 6. The highest BCUT2D eigenvalue weighted by molar-refractivity contribution is 7.80. The molecule has 2 N–H and O–H groups in total. The SMILES string of the molecule is CC(C)c1cccc(C(C)C)c1NC(=S)Nc1c(C(C)C)cccc1C(C)C. The zero-order valence-electron chi connectivity index (χ0n) is 18.7. The first-order valence-electron chi connectivity index (χ1n) is 10.5. The fraction of sp³-hybridized carbons (Fsp3) is 0.480. The number of thiocarbonyl (C=S) groups is 1. The predicted octanol–water partition coefficient (Wildman–Crippen LogP) is 7.99. The summed E-state index contributed by atoms with van der Waals surface area (Å²) in [5, 5.41) is 7.74. The number of hydrogen-bond donors (Lipinski definition) is 2. The third-order valence-electron chi connectivity index (χ3n) is 5.22. The molecule has 0 spiro atoms. The zero-order chi connectivity index (χ0) is 21.0. The van der Waals surface area contributed by atoms with Crippen LogP contribution in [-0.4, -0.2) is 5.11 Å². The Kier molecular flexibility index (Phi) is 7.65. The lowest BCUT2D eigenvalue weighted by atomic mass is 9.92. The maximum Gasteiger partial charge on any atom is 0.175 e. The van der Waals surface area contributed by atoms with E-state index in [0.29, 0.717) is 28.8 Å². The predicted molar refractivity (Wildman–Crippen MR) is 129 cm³/mol. The molecule has 0 amide bonds. The number of benzene rings is 2. The molecule has 0 atom stereocenters. The molecule has 2 aromatic carbocycles. The maximum absolute atomic E-state index is 5.78. The maximum atomic E-state index is 5.78. The van der Waals surface area contributed by atoms with Gasteiger partial charge in [0.2, 0.25) is 0 Å². The van der Waals surface area contributed by atoms with Crippen molar-refractivity contribution in [3.05, 3.63) is 58.7 Å². The van der Waals surface area contributed by atoms with Gasteiger partial charge in [-0.1, -0.05) is 91.8 Å². The monoisotopic (exact) mass is 396 g/mol. The van der Waals surface area contributed by atoms with Crippen molar-refractivity contribution in [2.45, 2.75) is 79.1 Å².